The van der Waals surface area contributed by atoms with E-state index in [0.717, 1.165) is 35.6 Å². The van der Waals surface area contributed by atoms with Crippen LogP contribution in [0.2, 0.25) is 5.02 Å². The third kappa shape index (κ3) is 4.87. The van der Waals surface area contributed by atoms with Gasteiger partial charge in [0.2, 0.25) is 11.8 Å². The maximum Gasteiger partial charge on any atom is 0.221 e. The van der Waals surface area contributed by atoms with E-state index in [-0.39, 0.29) is 11.8 Å². The summed E-state index contributed by atoms with van der Waals surface area (Å²) in [5.74, 6) is 0.371. The molecule has 2 aliphatic heterocycles. The fraction of sp³-hybridized carbons (Fsp3) is 0.348. The SMILES string of the molecule is CC(=O)Nc1cc2c(cc1NC(C)=O)NC1(CCOCC1)C(=NCc1cccc(Cl)c1)N2. The van der Waals surface area contributed by atoms with Gasteiger partial charge in [-0.15, -0.1) is 0 Å². The number of nitrogens with one attached hydrogen (secondary N) is 4. The molecule has 2 heterocycles. The molecule has 2 aliphatic rings. The van der Waals surface area contributed by atoms with E-state index in [4.69, 9.17) is 21.3 Å². The average molecular weight is 456 g/mol. The van der Waals surface area contributed by atoms with Gasteiger partial charge in [0.15, 0.2) is 0 Å². The van der Waals surface area contributed by atoms with Crippen LogP contribution in [0.15, 0.2) is 41.4 Å². The van der Waals surface area contributed by atoms with Crippen molar-refractivity contribution >= 4 is 52.0 Å². The molecular weight excluding hydrogens is 430 g/mol. The number of nitrogens with zero attached hydrogens (tertiary/aromatic N) is 1. The van der Waals surface area contributed by atoms with Gasteiger partial charge in [0.25, 0.3) is 0 Å². The Bertz CT molecular complexity index is 1080. The number of halogens is 1. The summed E-state index contributed by atoms with van der Waals surface area (Å²) in [6, 6.07) is 11.3. The molecular formula is C23H26ClN5O3. The summed E-state index contributed by atoms with van der Waals surface area (Å²) >= 11 is 6.13. The van der Waals surface area contributed by atoms with Crippen LogP contribution in [-0.4, -0.2) is 36.4 Å². The van der Waals surface area contributed by atoms with Crippen molar-refractivity contribution in [3.63, 3.8) is 0 Å². The van der Waals surface area contributed by atoms with E-state index in [1.54, 1.807) is 6.07 Å². The highest BCUT2D eigenvalue weighted by Gasteiger charge is 2.41. The number of aliphatic imine (C=N–C) groups is 1. The Morgan fingerprint density at radius 1 is 1.06 bits per heavy atom. The van der Waals surface area contributed by atoms with E-state index in [2.05, 4.69) is 21.3 Å². The molecule has 168 valence electrons. The summed E-state index contributed by atoms with van der Waals surface area (Å²) in [4.78, 5) is 28.3. The lowest BCUT2D eigenvalue weighted by Gasteiger charge is -2.44. The minimum Gasteiger partial charge on any atom is -0.381 e. The van der Waals surface area contributed by atoms with Gasteiger partial charge in [0, 0.05) is 44.9 Å². The lowest BCUT2D eigenvalue weighted by Crippen LogP contribution is -2.55. The molecule has 32 heavy (non-hydrogen) atoms. The predicted molar refractivity (Wildman–Crippen MR) is 128 cm³/mol. The van der Waals surface area contributed by atoms with Gasteiger partial charge in [-0.05, 0) is 29.8 Å². The fourth-order valence-corrected chi connectivity index (χ4v) is 4.25. The number of fused-ring (bicyclic) bond motifs is 1. The Hall–Kier alpha value is -3.10. The Morgan fingerprint density at radius 2 is 1.72 bits per heavy atom. The number of carbonyl (C=O) groups excluding carboxylic acids is 2. The van der Waals surface area contributed by atoms with Crippen LogP contribution in [0, 0.1) is 0 Å². The molecule has 2 aromatic carbocycles. The van der Waals surface area contributed by atoms with Crippen molar-refractivity contribution in [2.45, 2.75) is 38.8 Å². The van der Waals surface area contributed by atoms with Gasteiger partial charge in [-0.1, -0.05) is 23.7 Å². The second-order valence-corrected chi connectivity index (χ2v) is 8.48. The van der Waals surface area contributed by atoms with Crippen molar-refractivity contribution in [1.29, 1.82) is 0 Å². The largest absolute Gasteiger partial charge is 0.381 e. The maximum absolute atomic E-state index is 11.7. The van der Waals surface area contributed by atoms with Gasteiger partial charge in [-0.25, -0.2) is 0 Å². The Balaban J connectivity index is 1.72. The molecule has 0 unspecified atom stereocenters. The number of ether oxygens (including phenoxy) is 1. The summed E-state index contributed by atoms with van der Waals surface area (Å²) in [6.45, 7) is 4.57. The van der Waals surface area contributed by atoms with Crippen molar-refractivity contribution in [3.05, 3.63) is 47.0 Å². The quantitative estimate of drug-likeness (QED) is 0.552. The number of hydrogen-bond acceptors (Lipinski definition) is 5. The van der Waals surface area contributed by atoms with Gasteiger partial charge in [0.05, 0.1) is 34.8 Å². The van der Waals surface area contributed by atoms with Gasteiger partial charge in [0.1, 0.15) is 5.84 Å². The lowest BCUT2D eigenvalue weighted by molar-refractivity contribution is -0.115. The molecule has 9 heteroatoms. The van der Waals surface area contributed by atoms with Crippen molar-refractivity contribution < 1.29 is 14.3 Å². The molecule has 4 N–H and O–H groups in total. The number of anilines is 4. The summed E-state index contributed by atoms with van der Waals surface area (Å²) in [5.41, 5.74) is 3.24. The van der Waals surface area contributed by atoms with Crippen LogP contribution >= 0.6 is 11.6 Å². The summed E-state index contributed by atoms with van der Waals surface area (Å²) < 4.78 is 5.61. The number of amidine groups is 1. The molecule has 0 radical (unpaired) electrons. The average Bonchev–Trinajstić information content (AvgIpc) is 2.73. The van der Waals surface area contributed by atoms with E-state index < -0.39 is 5.54 Å². The zero-order chi connectivity index (χ0) is 22.7. The second-order valence-electron chi connectivity index (χ2n) is 8.04. The minimum atomic E-state index is -0.410. The number of benzene rings is 2. The molecule has 0 saturated carbocycles. The molecule has 0 aromatic heterocycles. The predicted octanol–water partition coefficient (Wildman–Crippen LogP) is 4.24. The lowest BCUT2D eigenvalue weighted by atomic mass is 9.85. The molecule has 1 saturated heterocycles. The van der Waals surface area contributed by atoms with Gasteiger partial charge in [-0.3, -0.25) is 14.6 Å². The highest BCUT2D eigenvalue weighted by Crippen LogP contribution is 2.41. The standard InChI is InChI=1S/C23H26ClN5O3/c1-14(30)26-18-11-20-21(12-19(18)27-15(2)31)29-23(6-8-32-9-7-23)22(28-20)25-13-16-4-3-5-17(24)10-16/h3-5,10-12,29H,6-9,13H2,1-2H3,(H,25,28)(H,26,30)(H,27,31). The van der Waals surface area contributed by atoms with Crippen molar-refractivity contribution in [1.82, 2.24) is 0 Å². The van der Waals surface area contributed by atoms with E-state index >= 15 is 0 Å². The van der Waals surface area contributed by atoms with Gasteiger partial charge >= 0.3 is 0 Å². The first-order chi connectivity index (χ1) is 15.3. The summed E-state index contributed by atoms with van der Waals surface area (Å²) in [5, 5.41) is 13.4. The number of carbonyl (C=O) groups is 2. The first-order valence-electron chi connectivity index (χ1n) is 10.5. The highest BCUT2D eigenvalue weighted by molar-refractivity contribution is 6.30. The molecule has 0 atom stereocenters. The number of rotatable bonds is 4. The van der Waals surface area contributed by atoms with E-state index in [1.165, 1.54) is 13.8 Å². The topological polar surface area (TPSA) is 104 Å². The van der Waals surface area contributed by atoms with Crippen LogP contribution in [0.25, 0.3) is 0 Å². The highest BCUT2D eigenvalue weighted by atomic mass is 35.5. The van der Waals surface area contributed by atoms with E-state index in [1.807, 2.05) is 30.3 Å². The van der Waals surface area contributed by atoms with Crippen LogP contribution in [-0.2, 0) is 20.9 Å². The number of hydrogen-bond donors (Lipinski definition) is 4. The summed E-state index contributed by atoms with van der Waals surface area (Å²) in [7, 11) is 0. The van der Waals surface area contributed by atoms with E-state index in [9.17, 15) is 9.59 Å². The van der Waals surface area contributed by atoms with Crippen LogP contribution in [0.1, 0.15) is 32.3 Å². The second kappa shape index (κ2) is 9.18. The summed E-state index contributed by atoms with van der Waals surface area (Å²) in [6.07, 6.45) is 1.49. The van der Waals surface area contributed by atoms with Crippen molar-refractivity contribution in [2.24, 2.45) is 4.99 Å². The van der Waals surface area contributed by atoms with Crippen LogP contribution in [0.3, 0.4) is 0 Å². The monoisotopic (exact) mass is 455 g/mol. The molecule has 1 fully saturated rings. The Labute approximate surface area is 191 Å². The Morgan fingerprint density at radius 3 is 2.34 bits per heavy atom. The van der Waals surface area contributed by atoms with Crippen LogP contribution in [0.4, 0.5) is 22.7 Å². The molecule has 8 nitrogen and oxygen atoms in total. The Kier molecular flexibility index (Phi) is 6.34. The molecule has 4 rings (SSSR count). The molecule has 0 aliphatic carbocycles. The first-order valence-corrected chi connectivity index (χ1v) is 10.9. The third-order valence-electron chi connectivity index (χ3n) is 5.51. The van der Waals surface area contributed by atoms with E-state index in [0.29, 0.717) is 36.2 Å². The van der Waals surface area contributed by atoms with Crippen LogP contribution < -0.4 is 21.3 Å². The number of amides is 2. The zero-order valence-corrected chi connectivity index (χ0v) is 18.8. The molecule has 2 amide bonds. The fourth-order valence-electron chi connectivity index (χ4n) is 4.04. The zero-order valence-electron chi connectivity index (χ0n) is 18.0. The van der Waals surface area contributed by atoms with Crippen LogP contribution in [0.5, 0.6) is 0 Å². The molecule has 1 spiro atoms. The van der Waals surface area contributed by atoms with Gasteiger partial charge < -0.3 is 26.0 Å². The van der Waals surface area contributed by atoms with Crippen molar-refractivity contribution in [3.8, 4) is 0 Å². The van der Waals surface area contributed by atoms with Crippen molar-refractivity contribution in [2.75, 3.05) is 34.5 Å². The van der Waals surface area contributed by atoms with Gasteiger partial charge in [-0.2, -0.15) is 0 Å². The smallest absolute Gasteiger partial charge is 0.221 e. The maximum atomic E-state index is 11.7. The molecule has 0 bridgehead atoms. The first kappa shape index (κ1) is 22.1. The molecule has 2 aromatic rings. The normalized spacial score (nSPS) is 17.8. The third-order valence-corrected chi connectivity index (χ3v) is 5.75. The minimum absolute atomic E-state index is 0.218.